The van der Waals surface area contributed by atoms with E-state index in [1.165, 1.54) is 32.5 Å². The van der Waals surface area contributed by atoms with Crippen LogP contribution in [0.2, 0.25) is 0 Å². The molecule has 26 heavy (non-hydrogen) atoms. The van der Waals surface area contributed by atoms with Crippen molar-refractivity contribution in [2.24, 2.45) is 0 Å². The van der Waals surface area contributed by atoms with Crippen LogP contribution in [0, 0.1) is 0 Å². The molecule has 0 fully saturated rings. The van der Waals surface area contributed by atoms with E-state index < -0.39 is 17.3 Å². The number of hydrogen-bond acceptors (Lipinski definition) is 5. The maximum atomic E-state index is 12.6. The van der Waals surface area contributed by atoms with Crippen LogP contribution in [0.4, 0.5) is 5.69 Å². The Bertz CT molecular complexity index is 1040. The van der Waals surface area contributed by atoms with Crippen LogP contribution in [-0.2, 0) is 4.74 Å². The molecule has 2 aromatic carbocycles. The van der Waals surface area contributed by atoms with Gasteiger partial charge in [0.1, 0.15) is 11.3 Å². The van der Waals surface area contributed by atoms with Gasteiger partial charge in [-0.3, -0.25) is 9.59 Å². The first kappa shape index (κ1) is 17.2. The number of carbonyl (C=O) groups is 2. The first-order valence-corrected chi connectivity index (χ1v) is 7.73. The Morgan fingerprint density at radius 2 is 1.77 bits per heavy atom. The molecule has 7 heteroatoms. The standard InChI is InChI=1S/C19H16N2O5/c1-25-15-5-3-4-13-16(15)20-10-14(17(13)22)18(23)21-12-8-6-11(7-9-12)19(24)26-2/h3-10H,1-2H3,(H,20,22)(H,21,23). The van der Waals surface area contributed by atoms with Crippen LogP contribution >= 0.6 is 0 Å². The second-order valence-corrected chi connectivity index (χ2v) is 5.44. The SMILES string of the molecule is COC(=O)c1ccc(NC(=O)c2c[nH]c3c(OC)cccc3c2=O)cc1. The maximum Gasteiger partial charge on any atom is 0.337 e. The van der Waals surface area contributed by atoms with Crippen molar-refractivity contribution < 1.29 is 19.1 Å². The number of fused-ring (bicyclic) bond motifs is 1. The van der Waals surface area contributed by atoms with Crippen LogP contribution in [0.3, 0.4) is 0 Å². The molecule has 1 heterocycles. The summed E-state index contributed by atoms with van der Waals surface area (Å²) in [6.07, 6.45) is 1.35. The molecule has 0 bridgehead atoms. The fourth-order valence-corrected chi connectivity index (χ4v) is 2.57. The number of rotatable bonds is 4. The average Bonchev–Trinajstić information content (AvgIpc) is 2.67. The minimum absolute atomic E-state index is 0.0252. The zero-order chi connectivity index (χ0) is 18.7. The number of H-pyrrole nitrogens is 1. The van der Waals surface area contributed by atoms with E-state index in [2.05, 4.69) is 15.0 Å². The van der Waals surface area contributed by atoms with Crippen molar-refractivity contribution in [3.63, 3.8) is 0 Å². The Labute approximate surface area is 148 Å². The number of hydrogen-bond donors (Lipinski definition) is 2. The van der Waals surface area contributed by atoms with Gasteiger partial charge in [-0.1, -0.05) is 6.07 Å². The van der Waals surface area contributed by atoms with Gasteiger partial charge in [0.15, 0.2) is 0 Å². The summed E-state index contributed by atoms with van der Waals surface area (Å²) in [6.45, 7) is 0. The summed E-state index contributed by atoms with van der Waals surface area (Å²) < 4.78 is 9.83. The molecule has 3 rings (SSSR count). The van der Waals surface area contributed by atoms with Crippen LogP contribution in [0.5, 0.6) is 5.75 Å². The Hall–Kier alpha value is -3.61. The third-order valence-electron chi connectivity index (χ3n) is 3.90. The van der Waals surface area contributed by atoms with Gasteiger partial charge >= 0.3 is 5.97 Å². The highest BCUT2D eigenvalue weighted by Crippen LogP contribution is 2.21. The number of carbonyl (C=O) groups excluding carboxylic acids is 2. The highest BCUT2D eigenvalue weighted by Gasteiger charge is 2.15. The van der Waals surface area contributed by atoms with E-state index in [1.807, 2.05) is 0 Å². The van der Waals surface area contributed by atoms with E-state index in [-0.39, 0.29) is 5.56 Å². The molecule has 0 radical (unpaired) electrons. The molecule has 0 aliphatic rings. The van der Waals surface area contributed by atoms with Gasteiger partial charge in [-0.25, -0.2) is 4.79 Å². The van der Waals surface area contributed by atoms with E-state index in [0.29, 0.717) is 27.9 Å². The van der Waals surface area contributed by atoms with E-state index in [1.54, 1.807) is 30.3 Å². The van der Waals surface area contributed by atoms with Crippen LogP contribution in [0.1, 0.15) is 20.7 Å². The molecule has 1 aromatic heterocycles. The number of methoxy groups -OCH3 is 2. The van der Waals surface area contributed by atoms with Crippen LogP contribution in [-0.4, -0.2) is 31.1 Å². The average molecular weight is 352 g/mol. The predicted molar refractivity (Wildman–Crippen MR) is 96.9 cm³/mol. The minimum atomic E-state index is -0.554. The number of benzene rings is 2. The van der Waals surface area contributed by atoms with Crippen molar-refractivity contribution in [2.75, 3.05) is 19.5 Å². The summed E-state index contributed by atoms with van der Waals surface area (Å²) in [5.41, 5.74) is 0.914. The fraction of sp³-hybridized carbons (Fsp3) is 0.105. The molecule has 0 atom stereocenters. The number of aromatic nitrogens is 1. The number of para-hydroxylation sites is 1. The number of amides is 1. The molecule has 0 aliphatic carbocycles. The van der Waals surface area contributed by atoms with E-state index >= 15 is 0 Å². The van der Waals surface area contributed by atoms with Crippen molar-refractivity contribution in [1.82, 2.24) is 4.98 Å². The lowest BCUT2D eigenvalue weighted by molar-refractivity contribution is 0.0600. The molecule has 1 amide bonds. The summed E-state index contributed by atoms with van der Waals surface area (Å²) in [6, 6.07) is 11.2. The number of aromatic amines is 1. The molecule has 2 N–H and O–H groups in total. The summed E-state index contributed by atoms with van der Waals surface area (Å²) in [5, 5.41) is 2.99. The topological polar surface area (TPSA) is 97.5 Å². The number of esters is 1. The molecule has 132 valence electrons. The van der Waals surface area contributed by atoms with Crippen molar-refractivity contribution in [3.8, 4) is 5.75 Å². The van der Waals surface area contributed by atoms with Gasteiger partial charge in [0.05, 0.1) is 30.7 Å². The summed E-state index contributed by atoms with van der Waals surface area (Å²) in [5.74, 6) is -0.505. The Morgan fingerprint density at radius 1 is 1.04 bits per heavy atom. The van der Waals surface area contributed by atoms with Crippen molar-refractivity contribution in [2.45, 2.75) is 0 Å². The van der Waals surface area contributed by atoms with E-state index in [4.69, 9.17) is 4.74 Å². The smallest absolute Gasteiger partial charge is 0.337 e. The Kier molecular flexibility index (Phi) is 4.70. The second-order valence-electron chi connectivity index (χ2n) is 5.44. The minimum Gasteiger partial charge on any atom is -0.495 e. The van der Waals surface area contributed by atoms with Crippen LogP contribution < -0.4 is 15.5 Å². The van der Waals surface area contributed by atoms with E-state index in [0.717, 1.165) is 0 Å². The molecule has 7 nitrogen and oxygen atoms in total. The van der Waals surface area contributed by atoms with Gasteiger partial charge in [0.25, 0.3) is 5.91 Å². The lowest BCUT2D eigenvalue weighted by atomic mass is 10.1. The number of ether oxygens (including phenoxy) is 2. The monoisotopic (exact) mass is 352 g/mol. The second kappa shape index (κ2) is 7.10. The molecular weight excluding hydrogens is 336 g/mol. The maximum absolute atomic E-state index is 12.6. The van der Waals surface area contributed by atoms with Gasteiger partial charge in [-0.15, -0.1) is 0 Å². The van der Waals surface area contributed by atoms with Crippen LogP contribution in [0.15, 0.2) is 53.5 Å². The zero-order valence-electron chi connectivity index (χ0n) is 14.2. The summed E-state index contributed by atoms with van der Waals surface area (Å²) >= 11 is 0. The first-order chi connectivity index (χ1) is 12.5. The molecule has 0 saturated heterocycles. The van der Waals surface area contributed by atoms with Crippen molar-refractivity contribution in [3.05, 3.63) is 70.0 Å². The molecule has 0 aliphatic heterocycles. The molecule has 0 saturated carbocycles. The van der Waals surface area contributed by atoms with Gasteiger partial charge in [-0.2, -0.15) is 0 Å². The summed E-state index contributed by atoms with van der Waals surface area (Å²) in [4.78, 5) is 39.4. The largest absolute Gasteiger partial charge is 0.495 e. The normalized spacial score (nSPS) is 10.4. The Balaban J connectivity index is 1.90. The fourth-order valence-electron chi connectivity index (χ4n) is 2.57. The predicted octanol–water partition coefficient (Wildman–Crippen LogP) is 2.58. The number of nitrogens with one attached hydrogen (secondary N) is 2. The quantitative estimate of drug-likeness (QED) is 0.704. The van der Waals surface area contributed by atoms with Crippen LogP contribution in [0.25, 0.3) is 10.9 Å². The van der Waals surface area contributed by atoms with Crippen molar-refractivity contribution >= 4 is 28.5 Å². The zero-order valence-corrected chi connectivity index (χ0v) is 14.2. The lowest BCUT2D eigenvalue weighted by Gasteiger charge is -2.08. The first-order valence-electron chi connectivity index (χ1n) is 7.73. The molecule has 3 aromatic rings. The van der Waals surface area contributed by atoms with Gasteiger partial charge < -0.3 is 19.8 Å². The van der Waals surface area contributed by atoms with E-state index in [9.17, 15) is 14.4 Å². The molecular formula is C19H16N2O5. The molecule has 0 unspecified atom stereocenters. The van der Waals surface area contributed by atoms with Gasteiger partial charge in [0, 0.05) is 11.9 Å². The highest BCUT2D eigenvalue weighted by atomic mass is 16.5. The van der Waals surface area contributed by atoms with Gasteiger partial charge in [-0.05, 0) is 36.4 Å². The lowest BCUT2D eigenvalue weighted by Crippen LogP contribution is -2.22. The number of pyridine rings is 1. The molecule has 0 spiro atoms. The Morgan fingerprint density at radius 3 is 2.42 bits per heavy atom. The third-order valence-corrected chi connectivity index (χ3v) is 3.90. The number of anilines is 1. The third kappa shape index (κ3) is 3.14. The highest BCUT2D eigenvalue weighted by molar-refractivity contribution is 6.06. The van der Waals surface area contributed by atoms with Gasteiger partial charge in [0.2, 0.25) is 5.43 Å². The summed E-state index contributed by atoms with van der Waals surface area (Å²) in [7, 11) is 2.80. The van der Waals surface area contributed by atoms with Crippen molar-refractivity contribution in [1.29, 1.82) is 0 Å².